The molecular formula is C13H18N6. The molecule has 1 atom stereocenters. The second-order valence-corrected chi connectivity index (χ2v) is 5.53. The van der Waals surface area contributed by atoms with Crippen molar-refractivity contribution in [3.8, 4) is 0 Å². The van der Waals surface area contributed by atoms with Crippen LogP contribution in [0.3, 0.4) is 0 Å². The topological polar surface area (TPSA) is 71.5 Å². The van der Waals surface area contributed by atoms with Crippen LogP contribution in [0.15, 0.2) is 18.6 Å². The predicted octanol–water partition coefficient (Wildman–Crippen LogP) is 0.960. The van der Waals surface area contributed by atoms with Crippen molar-refractivity contribution in [2.45, 2.75) is 31.3 Å². The number of fused-ring (bicyclic) bond motifs is 1. The molecule has 0 radical (unpaired) electrons. The van der Waals surface area contributed by atoms with E-state index in [1.807, 2.05) is 10.6 Å². The number of nitrogens with zero attached hydrogens (tertiary/aromatic N) is 4. The van der Waals surface area contributed by atoms with Crippen LogP contribution in [0, 0.1) is 0 Å². The van der Waals surface area contributed by atoms with Gasteiger partial charge in [0.25, 0.3) is 0 Å². The van der Waals surface area contributed by atoms with Gasteiger partial charge in [0.15, 0.2) is 11.5 Å². The van der Waals surface area contributed by atoms with Crippen LogP contribution in [-0.2, 0) is 0 Å². The minimum absolute atomic E-state index is 0.454. The summed E-state index contributed by atoms with van der Waals surface area (Å²) in [6, 6.07) is 1.29. The quantitative estimate of drug-likeness (QED) is 0.858. The highest BCUT2D eigenvalue weighted by Gasteiger charge is 2.34. The molecule has 6 heteroatoms. The number of likely N-dealkylation sites (tertiary alicyclic amines) is 1. The Morgan fingerprint density at radius 1 is 1.32 bits per heavy atom. The van der Waals surface area contributed by atoms with Crippen LogP contribution in [0.25, 0.3) is 5.65 Å². The lowest BCUT2D eigenvalue weighted by molar-refractivity contribution is 0.326. The van der Waals surface area contributed by atoms with Crippen molar-refractivity contribution in [2.75, 3.05) is 24.1 Å². The Bertz CT molecular complexity index is 602. The molecule has 1 unspecified atom stereocenters. The summed E-state index contributed by atoms with van der Waals surface area (Å²) >= 11 is 0. The van der Waals surface area contributed by atoms with Gasteiger partial charge in [-0.25, -0.2) is 9.97 Å². The number of hydrogen-bond acceptors (Lipinski definition) is 5. The molecule has 3 N–H and O–H groups in total. The third-order valence-corrected chi connectivity index (χ3v) is 4.02. The fraction of sp³-hybridized carbons (Fsp3) is 0.538. The number of nitrogen functional groups attached to an aromatic ring is 1. The van der Waals surface area contributed by atoms with E-state index in [2.05, 4.69) is 20.2 Å². The van der Waals surface area contributed by atoms with Crippen LogP contribution in [-0.4, -0.2) is 44.4 Å². The highest BCUT2D eigenvalue weighted by molar-refractivity contribution is 5.65. The molecule has 0 aromatic carbocycles. The zero-order chi connectivity index (χ0) is 12.8. The zero-order valence-corrected chi connectivity index (χ0v) is 10.8. The maximum Gasteiger partial charge on any atom is 0.180 e. The van der Waals surface area contributed by atoms with E-state index in [1.165, 1.54) is 25.8 Å². The lowest BCUT2D eigenvalue weighted by Gasteiger charge is -2.16. The maximum absolute atomic E-state index is 5.83. The molecule has 1 saturated heterocycles. The second-order valence-electron chi connectivity index (χ2n) is 5.53. The van der Waals surface area contributed by atoms with Gasteiger partial charge in [-0.3, -0.25) is 4.90 Å². The van der Waals surface area contributed by atoms with Gasteiger partial charge in [-0.05, 0) is 19.3 Å². The Morgan fingerprint density at radius 3 is 3.05 bits per heavy atom. The lowest BCUT2D eigenvalue weighted by Crippen LogP contribution is -2.28. The molecule has 1 saturated carbocycles. The SMILES string of the molecule is Nc1cn2ccnc2c(NC2CCN(C3CC3)C2)n1. The van der Waals surface area contributed by atoms with Crippen molar-refractivity contribution in [3.63, 3.8) is 0 Å². The molecule has 1 aliphatic carbocycles. The van der Waals surface area contributed by atoms with E-state index in [-0.39, 0.29) is 0 Å². The van der Waals surface area contributed by atoms with Gasteiger partial charge in [0.2, 0.25) is 0 Å². The third-order valence-electron chi connectivity index (χ3n) is 4.02. The number of imidazole rings is 1. The van der Waals surface area contributed by atoms with Crippen molar-refractivity contribution >= 4 is 17.3 Å². The Balaban J connectivity index is 1.56. The number of hydrogen-bond donors (Lipinski definition) is 2. The zero-order valence-electron chi connectivity index (χ0n) is 10.8. The average molecular weight is 258 g/mol. The Kier molecular flexibility index (Phi) is 2.38. The van der Waals surface area contributed by atoms with Gasteiger partial charge in [0.05, 0.1) is 6.20 Å². The first kappa shape index (κ1) is 11.0. The second kappa shape index (κ2) is 4.09. The fourth-order valence-corrected chi connectivity index (χ4v) is 2.92. The van der Waals surface area contributed by atoms with E-state index in [4.69, 9.17) is 5.73 Å². The van der Waals surface area contributed by atoms with Gasteiger partial charge >= 0.3 is 0 Å². The average Bonchev–Trinajstić information content (AvgIpc) is 2.95. The summed E-state index contributed by atoms with van der Waals surface area (Å²) in [6.07, 6.45) is 9.36. The van der Waals surface area contributed by atoms with Gasteiger partial charge in [0.1, 0.15) is 5.82 Å². The molecule has 6 nitrogen and oxygen atoms in total. The van der Waals surface area contributed by atoms with Crippen LogP contribution in [0.1, 0.15) is 19.3 Å². The minimum atomic E-state index is 0.454. The standard InChI is InChI=1S/C13H18N6/c14-11-8-19-6-4-15-13(19)12(17-11)16-9-3-5-18(7-9)10-1-2-10/h4,6,8-10H,1-3,5,7,14H2,(H,16,17). The highest BCUT2D eigenvalue weighted by atomic mass is 15.2. The molecule has 2 aromatic heterocycles. The molecular weight excluding hydrogens is 240 g/mol. The molecule has 0 spiro atoms. The molecule has 1 aliphatic heterocycles. The molecule has 4 rings (SSSR count). The summed E-state index contributed by atoms with van der Waals surface area (Å²) in [4.78, 5) is 11.3. The summed E-state index contributed by atoms with van der Waals surface area (Å²) in [6.45, 7) is 2.30. The molecule has 2 aliphatic rings. The monoisotopic (exact) mass is 258 g/mol. The number of aromatic nitrogens is 3. The van der Waals surface area contributed by atoms with Crippen LogP contribution in [0.4, 0.5) is 11.6 Å². The van der Waals surface area contributed by atoms with Crippen molar-refractivity contribution in [1.82, 2.24) is 19.3 Å². The summed E-state index contributed by atoms with van der Waals surface area (Å²) in [7, 11) is 0. The van der Waals surface area contributed by atoms with Gasteiger partial charge in [0, 0.05) is 37.6 Å². The number of nitrogens with two attached hydrogens (primary N) is 1. The first-order valence-corrected chi connectivity index (χ1v) is 6.89. The Labute approximate surface area is 111 Å². The Morgan fingerprint density at radius 2 is 2.21 bits per heavy atom. The molecule has 19 heavy (non-hydrogen) atoms. The van der Waals surface area contributed by atoms with Crippen molar-refractivity contribution in [1.29, 1.82) is 0 Å². The largest absolute Gasteiger partial charge is 0.382 e. The minimum Gasteiger partial charge on any atom is -0.382 e. The molecule has 0 amide bonds. The number of rotatable bonds is 3. The van der Waals surface area contributed by atoms with E-state index < -0.39 is 0 Å². The normalized spacial score (nSPS) is 24.1. The first-order chi connectivity index (χ1) is 9.29. The fourth-order valence-electron chi connectivity index (χ4n) is 2.92. The van der Waals surface area contributed by atoms with E-state index in [0.717, 1.165) is 24.1 Å². The number of nitrogens with one attached hydrogen (secondary N) is 1. The van der Waals surface area contributed by atoms with Crippen LogP contribution in [0.5, 0.6) is 0 Å². The first-order valence-electron chi connectivity index (χ1n) is 6.89. The maximum atomic E-state index is 5.83. The molecule has 3 heterocycles. The highest BCUT2D eigenvalue weighted by Crippen LogP contribution is 2.30. The van der Waals surface area contributed by atoms with E-state index in [1.54, 1.807) is 12.4 Å². The molecule has 2 fully saturated rings. The lowest BCUT2D eigenvalue weighted by atomic mass is 10.2. The van der Waals surface area contributed by atoms with Gasteiger partial charge in [-0.15, -0.1) is 0 Å². The van der Waals surface area contributed by atoms with Crippen molar-refractivity contribution in [3.05, 3.63) is 18.6 Å². The molecule has 2 aromatic rings. The van der Waals surface area contributed by atoms with Crippen molar-refractivity contribution < 1.29 is 0 Å². The third kappa shape index (κ3) is 2.02. The van der Waals surface area contributed by atoms with Crippen LogP contribution < -0.4 is 11.1 Å². The van der Waals surface area contributed by atoms with Gasteiger partial charge < -0.3 is 15.5 Å². The smallest absolute Gasteiger partial charge is 0.180 e. The summed E-state index contributed by atoms with van der Waals surface area (Å²) in [5, 5.41) is 3.51. The molecule has 100 valence electrons. The van der Waals surface area contributed by atoms with E-state index >= 15 is 0 Å². The van der Waals surface area contributed by atoms with Crippen LogP contribution in [0.2, 0.25) is 0 Å². The predicted molar refractivity (Wildman–Crippen MR) is 74.0 cm³/mol. The summed E-state index contributed by atoms with van der Waals surface area (Å²) in [5.41, 5.74) is 6.68. The number of anilines is 2. The van der Waals surface area contributed by atoms with Gasteiger partial charge in [-0.1, -0.05) is 0 Å². The summed E-state index contributed by atoms with van der Waals surface area (Å²) in [5.74, 6) is 1.32. The van der Waals surface area contributed by atoms with E-state index in [9.17, 15) is 0 Å². The van der Waals surface area contributed by atoms with Crippen molar-refractivity contribution in [2.24, 2.45) is 0 Å². The summed E-state index contributed by atoms with van der Waals surface area (Å²) < 4.78 is 1.91. The van der Waals surface area contributed by atoms with Gasteiger partial charge in [-0.2, -0.15) is 0 Å². The Hall–Kier alpha value is -1.82. The molecule has 0 bridgehead atoms. The van der Waals surface area contributed by atoms with Crippen LogP contribution >= 0.6 is 0 Å². The van der Waals surface area contributed by atoms with E-state index in [0.29, 0.717) is 11.9 Å².